The van der Waals surface area contributed by atoms with E-state index in [4.69, 9.17) is 10.5 Å². The average Bonchev–Trinajstić information content (AvgIpc) is 3.10. The van der Waals surface area contributed by atoms with Crippen LogP contribution >= 0.6 is 0 Å². The van der Waals surface area contributed by atoms with E-state index in [-0.39, 0.29) is 24.7 Å². The van der Waals surface area contributed by atoms with Crippen LogP contribution in [-0.4, -0.2) is 44.3 Å². The van der Waals surface area contributed by atoms with Crippen LogP contribution < -0.4 is 16.2 Å². The Labute approximate surface area is 194 Å². The summed E-state index contributed by atoms with van der Waals surface area (Å²) < 4.78 is 19.8. The molecule has 0 aromatic heterocycles. The molecule has 0 spiro atoms. The molecule has 1 heterocycles. The number of likely N-dealkylation sites (tertiary alicyclic amines) is 1. The fourth-order valence-corrected chi connectivity index (χ4v) is 5.39. The second-order valence-corrected chi connectivity index (χ2v) is 14.4. The SMILES string of the molecule is COCc1ccc([C@H](C(=O)Nc2ccc([Si](C)(C)C)c(F)c2)N2C[C@@H](C(N)=O)CC2=O)cc1. The zero-order chi connectivity index (χ0) is 24.3. The van der Waals surface area contributed by atoms with E-state index in [2.05, 4.69) is 5.32 Å². The summed E-state index contributed by atoms with van der Waals surface area (Å²) in [5.41, 5.74) is 7.20. The van der Waals surface area contributed by atoms with Crippen molar-refractivity contribution in [2.24, 2.45) is 11.7 Å². The summed E-state index contributed by atoms with van der Waals surface area (Å²) in [7, 11) is -0.284. The molecular formula is C24H30FN3O4Si. The third-order valence-corrected chi connectivity index (χ3v) is 7.79. The van der Waals surface area contributed by atoms with Gasteiger partial charge in [0.2, 0.25) is 11.8 Å². The van der Waals surface area contributed by atoms with Crippen LogP contribution in [0.25, 0.3) is 0 Å². The van der Waals surface area contributed by atoms with E-state index in [9.17, 15) is 18.8 Å². The summed E-state index contributed by atoms with van der Waals surface area (Å²) in [6.45, 7) is 6.59. The van der Waals surface area contributed by atoms with Gasteiger partial charge in [-0.1, -0.05) is 50.0 Å². The lowest BCUT2D eigenvalue weighted by molar-refractivity contribution is -0.135. The van der Waals surface area contributed by atoms with Crippen molar-refractivity contribution in [1.29, 1.82) is 0 Å². The molecule has 0 unspecified atom stereocenters. The van der Waals surface area contributed by atoms with Gasteiger partial charge >= 0.3 is 0 Å². The second-order valence-electron chi connectivity index (χ2n) is 9.36. The molecule has 176 valence electrons. The zero-order valence-corrected chi connectivity index (χ0v) is 20.4. The van der Waals surface area contributed by atoms with Crippen molar-refractivity contribution in [3.8, 4) is 0 Å². The number of rotatable bonds is 8. The number of anilines is 1. The number of carbonyl (C=O) groups excluding carboxylic acids is 3. The van der Waals surface area contributed by atoms with Crippen LogP contribution in [0.5, 0.6) is 0 Å². The molecule has 2 aromatic rings. The number of carbonyl (C=O) groups is 3. The number of halogens is 1. The Morgan fingerprint density at radius 3 is 2.39 bits per heavy atom. The van der Waals surface area contributed by atoms with Gasteiger partial charge in [-0.15, -0.1) is 0 Å². The van der Waals surface area contributed by atoms with E-state index in [0.717, 1.165) is 5.56 Å². The van der Waals surface area contributed by atoms with E-state index >= 15 is 0 Å². The number of nitrogens with zero attached hydrogens (tertiary/aromatic N) is 1. The van der Waals surface area contributed by atoms with Crippen LogP contribution in [-0.2, 0) is 25.7 Å². The Bertz CT molecular complexity index is 1050. The van der Waals surface area contributed by atoms with Gasteiger partial charge < -0.3 is 20.7 Å². The topological polar surface area (TPSA) is 102 Å². The third-order valence-electron chi connectivity index (χ3n) is 5.77. The summed E-state index contributed by atoms with van der Waals surface area (Å²) >= 11 is 0. The number of ether oxygens (including phenoxy) is 1. The molecular weight excluding hydrogens is 441 g/mol. The van der Waals surface area contributed by atoms with Crippen molar-refractivity contribution in [3.05, 3.63) is 59.4 Å². The van der Waals surface area contributed by atoms with E-state index < -0.39 is 31.8 Å². The number of methoxy groups -OCH3 is 1. The highest BCUT2D eigenvalue weighted by Crippen LogP contribution is 2.30. The van der Waals surface area contributed by atoms with Gasteiger partial charge in [0.05, 0.1) is 20.6 Å². The molecule has 1 saturated heterocycles. The maximum Gasteiger partial charge on any atom is 0.251 e. The Kier molecular flexibility index (Phi) is 7.33. The minimum absolute atomic E-state index is 0.0413. The molecule has 33 heavy (non-hydrogen) atoms. The Balaban J connectivity index is 1.92. The van der Waals surface area contributed by atoms with Crippen molar-refractivity contribution >= 4 is 36.7 Å². The van der Waals surface area contributed by atoms with Crippen LogP contribution in [0.3, 0.4) is 0 Å². The Morgan fingerprint density at radius 1 is 1.21 bits per heavy atom. The van der Waals surface area contributed by atoms with Crippen LogP contribution in [0.2, 0.25) is 19.6 Å². The predicted octanol–water partition coefficient (Wildman–Crippen LogP) is 2.53. The molecule has 0 radical (unpaired) electrons. The molecule has 7 nitrogen and oxygen atoms in total. The molecule has 9 heteroatoms. The number of nitrogens with two attached hydrogens (primary N) is 1. The summed E-state index contributed by atoms with van der Waals surface area (Å²) in [6, 6.07) is 10.8. The third kappa shape index (κ3) is 5.66. The average molecular weight is 472 g/mol. The molecule has 0 bridgehead atoms. The number of benzene rings is 2. The quantitative estimate of drug-likeness (QED) is 0.578. The first-order chi connectivity index (χ1) is 15.5. The molecule has 1 aliphatic rings. The van der Waals surface area contributed by atoms with Gasteiger partial charge in [0.15, 0.2) is 0 Å². The van der Waals surface area contributed by atoms with Gasteiger partial charge in [-0.2, -0.15) is 0 Å². The molecule has 3 amide bonds. The van der Waals surface area contributed by atoms with E-state index in [1.165, 1.54) is 11.0 Å². The number of primary amides is 1. The molecule has 0 aliphatic carbocycles. The van der Waals surface area contributed by atoms with Crippen molar-refractivity contribution in [2.45, 2.75) is 38.7 Å². The van der Waals surface area contributed by atoms with Crippen LogP contribution in [0.4, 0.5) is 10.1 Å². The Morgan fingerprint density at radius 2 is 1.88 bits per heavy atom. The zero-order valence-electron chi connectivity index (χ0n) is 19.4. The fraction of sp³-hybridized carbons (Fsp3) is 0.375. The van der Waals surface area contributed by atoms with Gasteiger partial charge in [0, 0.05) is 25.8 Å². The molecule has 3 N–H and O–H groups in total. The minimum Gasteiger partial charge on any atom is -0.380 e. The predicted molar refractivity (Wildman–Crippen MR) is 127 cm³/mol. The van der Waals surface area contributed by atoms with Crippen molar-refractivity contribution in [3.63, 3.8) is 0 Å². The van der Waals surface area contributed by atoms with E-state index in [1.807, 2.05) is 31.8 Å². The smallest absolute Gasteiger partial charge is 0.251 e. The van der Waals surface area contributed by atoms with Crippen molar-refractivity contribution in [2.75, 3.05) is 19.0 Å². The summed E-state index contributed by atoms with van der Waals surface area (Å²) in [5, 5.41) is 3.41. The van der Waals surface area contributed by atoms with E-state index in [0.29, 0.717) is 23.0 Å². The number of amides is 3. The fourth-order valence-electron chi connectivity index (χ4n) is 4.02. The number of hydrogen-bond donors (Lipinski definition) is 2. The monoisotopic (exact) mass is 471 g/mol. The normalized spacial score (nSPS) is 17.2. The lowest BCUT2D eigenvalue weighted by Crippen LogP contribution is -2.40. The summed E-state index contributed by atoms with van der Waals surface area (Å²) in [6.07, 6.45) is -0.0413. The first-order valence-corrected chi connectivity index (χ1v) is 14.3. The highest BCUT2D eigenvalue weighted by Gasteiger charge is 2.40. The maximum absolute atomic E-state index is 14.7. The first kappa shape index (κ1) is 24.6. The molecule has 2 atom stereocenters. The molecule has 1 aliphatic heterocycles. The van der Waals surface area contributed by atoms with Gasteiger partial charge in [0.25, 0.3) is 5.91 Å². The van der Waals surface area contributed by atoms with E-state index in [1.54, 1.807) is 31.4 Å². The lowest BCUT2D eigenvalue weighted by atomic mass is 10.0. The highest BCUT2D eigenvalue weighted by molar-refractivity contribution is 6.88. The number of hydrogen-bond acceptors (Lipinski definition) is 4. The van der Waals surface area contributed by atoms with Gasteiger partial charge in [-0.3, -0.25) is 14.4 Å². The van der Waals surface area contributed by atoms with Crippen LogP contribution in [0, 0.1) is 11.7 Å². The van der Waals surface area contributed by atoms with Crippen LogP contribution in [0.15, 0.2) is 42.5 Å². The van der Waals surface area contributed by atoms with Gasteiger partial charge in [-0.25, -0.2) is 4.39 Å². The standard InChI is InChI=1S/C24H30FN3O4Si/c1-32-14-15-5-7-16(8-6-15)22(28-13-17(23(26)30)11-21(28)29)24(31)27-18-9-10-20(19(25)12-18)33(2,3)4/h5-10,12,17,22H,11,13-14H2,1-4H3,(H2,26,30)(H,27,31)/t17-,22+/m0/s1. The second kappa shape index (κ2) is 9.84. The minimum atomic E-state index is -1.87. The molecule has 2 aromatic carbocycles. The maximum atomic E-state index is 14.7. The van der Waals surface area contributed by atoms with Gasteiger partial charge in [-0.05, 0) is 28.4 Å². The lowest BCUT2D eigenvalue weighted by Gasteiger charge is -2.28. The van der Waals surface area contributed by atoms with Crippen molar-refractivity contribution < 1.29 is 23.5 Å². The number of nitrogens with one attached hydrogen (secondary N) is 1. The van der Waals surface area contributed by atoms with Crippen molar-refractivity contribution in [1.82, 2.24) is 4.90 Å². The highest BCUT2D eigenvalue weighted by atomic mass is 28.3. The van der Waals surface area contributed by atoms with Gasteiger partial charge in [0.1, 0.15) is 11.9 Å². The summed E-state index contributed by atoms with van der Waals surface area (Å²) in [5.74, 6) is -2.43. The molecule has 3 rings (SSSR count). The largest absolute Gasteiger partial charge is 0.380 e. The summed E-state index contributed by atoms with van der Waals surface area (Å²) in [4.78, 5) is 39.1. The molecule has 1 fully saturated rings. The molecule has 0 saturated carbocycles. The first-order valence-electron chi connectivity index (χ1n) is 10.8. The van der Waals surface area contributed by atoms with Crippen LogP contribution in [0.1, 0.15) is 23.6 Å². The Hall–Kier alpha value is -3.04.